The molecule has 86 valence electrons. The van der Waals surface area contributed by atoms with E-state index >= 15 is 0 Å². The summed E-state index contributed by atoms with van der Waals surface area (Å²) in [5.74, 6) is -0.588. The molecule has 0 unspecified atom stereocenters. The minimum absolute atomic E-state index is 0.0461. The Bertz CT molecular complexity index is 404. The summed E-state index contributed by atoms with van der Waals surface area (Å²) in [4.78, 5) is 10.4. The van der Waals surface area contributed by atoms with Crippen molar-refractivity contribution in [2.45, 2.75) is 0 Å². The molecule has 0 aliphatic rings. The maximum absolute atomic E-state index is 12.0. The second-order valence-electron chi connectivity index (χ2n) is 2.89. The number of benzene rings is 1. The van der Waals surface area contributed by atoms with Crippen LogP contribution in [0.2, 0.25) is 0 Å². The van der Waals surface area contributed by atoms with Gasteiger partial charge in [-0.1, -0.05) is 15.9 Å². The van der Waals surface area contributed by atoms with Gasteiger partial charge in [-0.15, -0.1) is 0 Å². The Labute approximate surface area is 101 Å². The molecule has 1 aromatic rings. The number of aliphatic carboxylic acids is 1. The third kappa shape index (κ3) is 4.02. The first-order valence-corrected chi connectivity index (χ1v) is 5.32. The second kappa shape index (κ2) is 6.27. The number of carboxylic acids is 1. The van der Waals surface area contributed by atoms with Gasteiger partial charge in [-0.25, -0.2) is 9.18 Å². The topological polar surface area (TPSA) is 46.5 Å². The lowest BCUT2D eigenvalue weighted by Gasteiger charge is -2.07. The summed E-state index contributed by atoms with van der Waals surface area (Å²) in [6, 6.07) is 5.10. The monoisotopic (exact) mass is 288 g/mol. The first-order valence-electron chi connectivity index (χ1n) is 4.53. The number of hydrogen-bond acceptors (Lipinski definition) is 2. The van der Waals surface area contributed by atoms with Crippen LogP contribution in [0.5, 0.6) is 5.75 Å². The molecule has 0 aliphatic heterocycles. The van der Waals surface area contributed by atoms with Gasteiger partial charge in [-0.3, -0.25) is 0 Å². The molecule has 1 aromatic carbocycles. The molecule has 0 amide bonds. The van der Waals surface area contributed by atoms with E-state index in [-0.39, 0.29) is 6.61 Å². The summed E-state index contributed by atoms with van der Waals surface area (Å²) in [7, 11) is 0. The summed E-state index contributed by atoms with van der Waals surface area (Å²) in [5.41, 5.74) is 0.588. The Hall–Kier alpha value is -1.36. The Morgan fingerprint density at radius 1 is 1.56 bits per heavy atom. The zero-order chi connectivity index (χ0) is 12.0. The molecule has 1 N–H and O–H groups in total. The minimum atomic E-state index is -1.04. The van der Waals surface area contributed by atoms with Crippen LogP contribution in [0.15, 0.2) is 28.7 Å². The van der Waals surface area contributed by atoms with Gasteiger partial charge >= 0.3 is 5.97 Å². The van der Waals surface area contributed by atoms with Gasteiger partial charge in [0, 0.05) is 16.1 Å². The van der Waals surface area contributed by atoms with Crippen LogP contribution in [0.25, 0.3) is 6.08 Å². The summed E-state index contributed by atoms with van der Waals surface area (Å²) in [6.45, 7) is -0.631. The van der Waals surface area contributed by atoms with Gasteiger partial charge in [-0.05, 0) is 24.3 Å². The molecule has 0 bridgehead atoms. The number of hydrogen-bond donors (Lipinski definition) is 1. The molecule has 0 aromatic heterocycles. The molecule has 0 spiro atoms. The highest BCUT2D eigenvalue weighted by Crippen LogP contribution is 2.24. The number of alkyl halides is 1. The zero-order valence-corrected chi connectivity index (χ0v) is 9.91. The molecule has 3 nitrogen and oxygen atoms in total. The van der Waals surface area contributed by atoms with Gasteiger partial charge in [0.05, 0.1) is 0 Å². The molecule has 1 rings (SSSR count). The second-order valence-corrected chi connectivity index (χ2v) is 3.81. The Balaban J connectivity index is 2.93. The average molecular weight is 289 g/mol. The van der Waals surface area contributed by atoms with Crippen molar-refractivity contribution in [2.24, 2.45) is 0 Å². The standard InChI is InChI=1S/C11H10BrFO3/c12-9-2-3-10(16-6-5-13)8(7-9)1-4-11(14)15/h1-4,7H,5-6H2,(H,14,15)/b4-1+. The largest absolute Gasteiger partial charge is 0.490 e. The van der Waals surface area contributed by atoms with Crippen molar-refractivity contribution >= 4 is 28.0 Å². The summed E-state index contributed by atoms with van der Waals surface area (Å²) >= 11 is 3.26. The molecule has 0 fully saturated rings. The number of carboxylic acid groups (broad SMARTS) is 1. The van der Waals surface area contributed by atoms with Gasteiger partial charge < -0.3 is 9.84 Å². The Morgan fingerprint density at radius 2 is 2.31 bits per heavy atom. The zero-order valence-electron chi connectivity index (χ0n) is 8.32. The third-order valence-corrected chi connectivity index (χ3v) is 2.21. The molecule has 0 aliphatic carbocycles. The number of carbonyl (C=O) groups is 1. The highest BCUT2D eigenvalue weighted by molar-refractivity contribution is 9.10. The van der Waals surface area contributed by atoms with E-state index in [0.29, 0.717) is 11.3 Å². The van der Waals surface area contributed by atoms with Crippen LogP contribution in [0, 0.1) is 0 Å². The van der Waals surface area contributed by atoms with E-state index < -0.39 is 12.6 Å². The lowest BCUT2D eigenvalue weighted by atomic mass is 10.2. The highest BCUT2D eigenvalue weighted by Gasteiger charge is 2.02. The van der Waals surface area contributed by atoms with Crippen molar-refractivity contribution in [3.63, 3.8) is 0 Å². The van der Waals surface area contributed by atoms with Crippen LogP contribution in [0.3, 0.4) is 0 Å². The molecule has 0 saturated carbocycles. The van der Waals surface area contributed by atoms with Crippen molar-refractivity contribution in [3.05, 3.63) is 34.3 Å². The van der Waals surface area contributed by atoms with E-state index in [1.165, 1.54) is 6.08 Å². The van der Waals surface area contributed by atoms with E-state index in [4.69, 9.17) is 9.84 Å². The molecular formula is C11H10BrFO3. The first-order chi connectivity index (χ1) is 7.63. The van der Waals surface area contributed by atoms with Gasteiger partial charge in [-0.2, -0.15) is 0 Å². The summed E-state index contributed by atoms with van der Waals surface area (Å²) in [6.07, 6.45) is 2.41. The van der Waals surface area contributed by atoms with Gasteiger partial charge in [0.25, 0.3) is 0 Å². The van der Waals surface area contributed by atoms with Crippen molar-refractivity contribution < 1.29 is 19.0 Å². The maximum atomic E-state index is 12.0. The number of halogens is 2. The van der Waals surface area contributed by atoms with E-state index in [2.05, 4.69) is 15.9 Å². The Morgan fingerprint density at radius 3 is 2.94 bits per heavy atom. The molecule has 0 saturated heterocycles. The Kier molecular flexibility index (Phi) is 4.98. The molecule has 0 radical (unpaired) electrons. The molecular weight excluding hydrogens is 279 g/mol. The predicted octanol–water partition coefficient (Wildman–Crippen LogP) is 2.90. The van der Waals surface area contributed by atoms with Crippen molar-refractivity contribution in [2.75, 3.05) is 13.3 Å². The van der Waals surface area contributed by atoms with Gasteiger partial charge in [0.15, 0.2) is 0 Å². The lowest BCUT2D eigenvalue weighted by molar-refractivity contribution is -0.131. The fourth-order valence-corrected chi connectivity index (χ4v) is 1.47. The van der Waals surface area contributed by atoms with Crippen LogP contribution >= 0.6 is 15.9 Å². The average Bonchev–Trinajstić information content (AvgIpc) is 2.25. The molecule has 5 heteroatoms. The van der Waals surface area contributed by atoms with E-state index in [9.17, 15) is 9.18 Å². The van der Waals surface area contributed by atoms with Crippen molar-refractivity contribution in [1.29, 1.82) is 0 Å². The van der Waals surface area contributed by atoms with Gasteiger partial charge in [0.1, 0.15) is 19.0 Å². The van der Waals surface area contributed by atoms with E-state index in [1.54, 1.807) is 18.2 Å². The number of ether oxygens (including phenoxy) is 1. The minimum Gasteiger partial charge on any atom is -0.490 e. The summed E-state index contributed by atoms with van der Waals surface area (Å²) < 4.78 is 17.9. The van der Waals surface area contributed by atoms with E-state index in [1.807, 2.05) is 0 Å². The first kappa shape index (κ1) is 12.7. The number of rotatable bonds is 5. The highest BCUT2D eigenvalue weighted by atomic mass is 79.9. The van der Waals surface area contributed by atoms with Crippen molar-refractivity contribution in [3.8, 4) is 5.75 Å². The fourth-order valence-electron chi connectivity index (χ4n) is 1.09. The molecule has 16 heavy (non-hydrogen) atoms. The van der Waals surface area contributed by atoms with E-state index in [0.717, 1.165) is 10.5 Å². The van der Waals surface area contributed by atoms with Crippen molar-refractivity contribution in [1.82, 2.24) is 0 Å². The SMILES string of the molecule is O=C(O)/C=C/c1cc(Br)ccc1OCCF. The van der Waals surface area contributed by atoms with Crippen LogP contribution in [-0.4, -0.2) is 24.4 Å². The maximum Gasteiger partial charge on any atom is 0.328 e. The quantitative estimate of drug-likeness (QED) is 0.848. The van der Waals surface area contributed by atoms with Crippen LogP contribution in [0.4, 0.5) is 4.39 Å². The molecule has 0 atom stereocenters. The normalized spacial score (nSPS) is 10.6. The smallest absolute Gasteiger partial charge is 0.328 e. The predicted molar refractivity (Wildman–Crippen MR) is 62.3 cm³/mol. The van der Waals surface area contributed by atoms with Crippen LogP contribution in [0.1, 0.15) is 5.56 Å². The van der Waals surface area contributed by atoms with Crippen LogP contribution in [-0.2, 0) is 4.79 Å². The summed E-state index contributed by atoms with van der Waals surface area (Å²) in [5, 5.41) is 8.51. The van der Waals surface area contributed by atoms with Gasteiger partial charge in [0.2, 0.25) is 0 Å². The lowest BCUT2D eigenvalue weighted by Crippen LogP contribution is -2.00. The fraction of sp³-hybridized carbons (Fsp3) is 0.182. The van der Waals surface area contributed by atoms with Crippen LogP contribution < -0.4 is 4.74 Å². The third-order valence-electron chi connectivity index (χ3n) is 1.71. The molecule has 0 heterocycles.